The number of aromatic hydroxyl groups is 1. The first kappa shape index (κ1) is 14.4. The quantitative estimate of drug-likeness (QED) is 0.713. The number of hydrogen-bond donors (Lipinski definition) is 2. The summed E-state index contributed by atoms with van der Waals surface area (Å²) in [5.41, 5.74) is 2.29. The molecule has 5 atom stereocenters. The number of nitrogens with zero attached hydrogens (tertiary/aromatic N) is 1. The summed E-state index contributed by atoms with van der Waals surface area (Å²) in [4.78, 5) is 2.43. The minimum atomic E-state index is -0.594. The van der Waals surface area contributed by atoms with Gasteiger partial charge < -0.3 is 19.8 Å². The second-order valence-corrected chi connectivity index (χ2v) is 6.93. The predicted molar refractivity (Wildman–Crippen MR) is 84.8 cm³/mol. The van der Waals surface area contributed by atoms with E-state index in [2.05, 4.69) is 18.0 Å². The lowest BCUT2D eigenvalue weighted by Gasteiger charge is -2.56. The van der Waals surface area contributed by atoms with Crippen LogP contribution in [0.3, 0.4) is 0 Å². The fraction of sp³-hybridized carbons (Fsp3) is 0.529. The van der Waals surface area contributed by atoms with Crippen LogP contribution in [0.25, 0.3) is 0 Å². The Morgan fingerprint density at radius 3 is 2.95 bits per heavy atom. The van der Waals surface area contributed by atoms with Gasteiger partial charge in [0, 0.05) is 22.9 Å². The molecular weight excluding hydrogens is 303 g/mol. The Morgan fingerprint density at radius 2 is 2.14 bits per heavy atom. The molecule has 5 heteroatoms. The second kappa shape index (κ2) is 4.40. The zero-order chi connectivity index (χ0) is 14.4. The average molecular weight is 323 g/mol. The summed E-state index contributed by atoms with van der Waals surface area (Å²) in [6.45, 7) is 1.01. The summed E-state index contributed by atoms with van der Waals surface area (Å²) in [7, 11) is 2.19. The number of ether oxygens (including phenoxy) is 1. The minimum Gasteiger partial charge on any atom is -0.504 e. The minimum absolute atomic E-state index is 0. The van der Waals surface area contributed by atoms with Crippen molar-refractivity contribution in [2.75, 3.05) is 13.6 Å². The van der Waals surface area contributed by atoms with E-state index in [1.807, 2.05) is 12.1 Å². The van der Waals surface area contributed by atoms with Gasteiger partial charge in [-0.05, 0) is 38.1 Å². The average Bonchev–Trinajstić information content (AvgIpc) is 2.83. The van der Waals surface area contributed by atoms with E-state index in [0.29, 0.717) is 17.7 Å². The lowest BCUT2D eigenvalue weighted by atomic mass is 9.54. The van der Waals surface area contributed by atoms with Crippen molar-refractivity contribution in [2.45, 2.75) is 36.5 Å². The Morgan fingerprint density at radius 1 is 1.32 bits per heavy atom. The monoisotopic (exact) mass is 322 g/mol. The summed E-state index contributed by atoms with van der Waals surface area (Å²) in [6.07, 6.45) is 5.18. The molecule has 2 N–H and O–H groups in total. The van der Waals surface area contributed by atoms with E-state index < -0.39 is 6.10 Å². The van der Waals surface area contributed by atoms with Crippen LogP contribution in [0.5, 0.6) is 11.5 Å². The van der Waals surface area contributed by atoms with Crippen molar-refractivity contribution in [1.82, 2.24) is 4.90 Å². The van der Waals surface area contributed by atoms with Gasteiger partial charge in [0.2, 0.25) is 0 Å². The molecule has 4 aliphatic rings. The molecule has 1 fully saturated rings. The summed E-state index contributed by atoms with van der Waals surface area (Å²) < 4.78 is 6.09. The molecule has 22 heavy (non-hydrogen) atoms. The molecule has 2 heterocycles. The van der Waals surface area contributed by atoms with Crippen LogP contribution in [0.1, 0.15) is 17.5 Å². The Bertz CT molecular complexity index is 676. The van der Waals surface area contributed by atoms with Crippen LogP contribution in [0.2, 0.25) is 0 Å². The second-order valence-electron chi connectivity index (χ2n) is 6.93. The number of phenolic OH excluding ortho intramolecular Hbond substituents is 1. The summed E-state index contributed by atoms with van der Waals surface area (Å²) in [5.74, 6) is 1.19. The van der Waals surface area contributed by atoms with Crippen LogP contribution in [0, 0.1) is 5.92 Å². The van der Waals surface area contributed by atoms with Crippen LogP contribution >= 0.6 is 12.4 Å². The molecule has 2 aliphatic carbocycles. The van der Waals surface area contributed by atoms with Crippen LogP contribution in [0.4, 0.5) is 0 Å². The SMILES string of the molecule is CN1CC[C@]23c4c5[13cH]cc(O)c4O[C@H]2[C@@H](O)C=C[C@H]3[C@H]1C5.Cl. The zero-order valence-corrected chi connectivity index (χ0v) is 13.2. The maximum Gasteiger partial charge on any atom is 0.165 e. The molecule has 0 saturated carbocycles. The van der Waals surface area contributed by atoms with Gasteiger partial charge in [-0.1, -0.05) is 18.2 Å². The Balaban J connectivity index is 0.00000125. The van der Waals surface area contributed by atoms with Crippen LogP contribution < -0.4 is 4.74 Å². The summed E-state index contributed by atoms with van der Waals surface area (Å²) in [6, 6.07) is 4.23. The Kier molecular flexibility index (Phi) is 2.88. The molecule has 0 radical (unpaired) electrons. The molecule has 4 nitrogen and oxygen atoms in total. The van der Waals surface area contributed by atoms with Gasteiger partial charge in [0.05, 0.1) is 0 Å². The smallest absolute Gasteiger partial charge is 0.165 e. The van der Waals surface area contributed by atoms with E-state index in [1.165, 1.54) is 11.1 Å². The molecule has 118 valence electrons. The lowest BCUT2D eigenvalue weighted by molar-refractivity contribution is -0.0453. The molecule has 1 saturated heterocycles. The topological polar surface area (TPSA) is 52.9 Å². The molecule has 0 amide bonds. The predicted octanol–water partition coefficient (Wildman–Crippen LogP) is 1.62. The molecular formula is C17H20ClNO3. The fourth-order valence-corrected chi connectivity index (χ4v) is 5.24. The van der Waals surface area contributed by atoms with E-state index in [4.69, 9.17) is 4.74 Å². The van der Waals surface area contributed by atoms with Crippen molar-refractivity contribution in [3.63, 3.8) is 0 Å². The summed E-state index contributed by atoms with van der Waals surface area (Å²) in [5, 5.41) is 20.6. The molecule has 1 aromatic carbocycles. The number of halogens is 1. The Labute approximate surface area is 135 Å². The van der Waals surface area contributed by atoms with E-state index in [0.717, 1.165) is 19.4 Å². The molecule has 0 unspecified atom stereocenters. The number of likely N-dealkylation sites (N-methyl/N-ethyl adjacent to an activating group) is 1. The molecule has 1 spiro atoms. The van der Waals surface area contributed by atoms with Gasteiger partial charge in [-0.25, -0.2) is 0 Å². The van der Waals surface area contributed by atoms with Crippen molar-refractivity contribution in [3.8, 4) is 11.5 Å². The highest BCUT2D eigenvalue weighted by Crippen LogP contribution is 2.62. The standard InChI is InChI=1S/C17H19NO3.ClH/c1-18-7-6-17-10-3-5-13(20)16(17)21-15-12(19)4-2-9(14(15)17)8-11(10)18;/h2-5,10-11,13,16,19-20H,6-8H2,1H3;1H/t10-,11+,13-,16-,17-;/m0./s1/i2+1;. The van der Waals surface area contributed by atoms with Gasteiger partial charge in [0.15, 0.2) is 11.5 Å². The van der Waals surface area contributed by atoms with E-state index in [1.54, 1.807) is 6.07 Å². The number of rotatable bonds is 0. The molecule has 0 aromatic heterocycles. The molecule has 2 aliphatic heterocycles. The number of piperidine rings is 1. The van der Waals surface area contributed by atoms with Crippen molar-refractivity contribution in [3.05, 3.63) is 35.4 Å². The Hall–Kier alpha value is -1.23. The van der Waals surface area contributed by atoms with E-state index in [-0.39, 0.29) is 29.7 Å². The van der Waals surface area contributed by atoms with E-state index in [9.17, 15) is 10.2 Å². The number of likely N-dealkylation sites (tertiary alicyclic amines) is 1. The lowest BCUT2D eigenvalue weighted by Crippen LogP contribution is -2.64. The van der Waals surface area contributed by atoms with Crippen molar-refractivity contribution in [2.24, 2.45) is 5.92 Å². The van der Waals surface area contributed by atoms with Crippen molar-refractivity contribution < 1.29 is 14.9 Å². The van der Waals surface area contributed by atoms with Gasteiger partial charge in [-0.3, -0.25) is 0 Å². The van der Waals surface area contributed by atoms with Gasteiger partial charge in [0.25, 0.3) is 0 Å². The first-order valence-corrected chi connectivity index (χ1v) is 7.71. The maximum atomic E-state index is 10.4. The third kappa shape index (κ3) is 1.41. The van der Waals surface area contributed by atoms with Crippen LogP contribution in [-0.2, 0) is 11.8 Å². The highest BCUT2D eigenvalue weighted by atomic mass is 35.5. The zero-order valence-electron chi connectivity index (χ0n) is 12.4. The first-order chi connectivity index (χ1) is 10.1. The third-order valence-electron chi connectivity index (χ3n) is 6.15. The molecule has 5 rings (SSSR count). The van der Waals surface area contributed by atoms with Gasteiger partial charge in [-0.15, -0.1) is 12.4 Å². The molecule has 2 bridgehead atoms. The van der Waals surface area contributed by atoms with Gasteiger partial charge in [-0.2, -0.15) is 0 Å². The van der Waals surface area contributed by atoms with Crippen molar-refractivity contribution in [1.29, 1.82) is 0 Å². The van der Waals surface area contributed by atoms with E-state index >= 15 is 0 Å². The number of phenols is 1. The van der Waals surface area contributed by atoms with Gasteiger partial charge >= 0.3 is 0 Å². The number of aliphatic hydroxyl groups is 1. The number of aliphatic hydroxyl groups excluding tert-OH is 1. The number of hydrogen-bond acceptors (Lipinski definition) is 4. The van der Waals surface area contributed by atoms with Crippen LogP contribution in [0.15, 0.2) is 24.3 Å². The number of benzene rings is 1. The normalized spacial score (nSPS) is 40.6. The maximum absolute atomic E-state index is 10.4. The molecule has 1 aromatic rings. The first-order valence-electron chi connectivity index (χ1n) is 7.71. The highest BCUT2D eigenvalue weighted by Gasteiger charge is 2.64. The van der Waals surface area contributed by atoms with Gasteiger partial charge in [0.1, 0.15) is 12.2 Å². The third-order valence-corrected chi connectivity index (χ3v) is 6.15. The fourth-order valence-electron chi connectivity index (χ4n) is 5.24. The summed E-state index contributed by atoms with van der Waals surface area (Å²) >= 11 is 0. The highest BCUT2D eigenvalue weighted by molar-refractivity contribution is 5.85. The van der Waals surface area contributed by atoms with Crippen LogP contribution in [-0.4, -0.2) is 47.0 Å². The van der Waals surface area contributed by atoms with Crippen molar-refractivity contribution >= 4 is 12.4 Å². The largest absolute Gasteiger partial charge is 0.504 e.